The highest BCUT2D eigenvalue weighted by molar-refractivity contribution is 5.22. The zero-order chi connectivity index (χ0) is 13.9. The molecule has 0 aromatic heterocycles. The van der Waals surface area contributed by atoms with Gasteiger partial charge in [0.25, 0.3) is 0 Å². The van der Waals surface area contributed by atoms with E-state index in [1.807, 2.05) is 0 Å². The molecule has 2 fully saturated rings. The van der Waals surface area contributed by atoms with Crippen molar-refractivity contribution in [2.45, 2.75) is 70.6 Å². The summed E-state index contributed by atoms with van der Waals surface area (Å²) >= 11 is 0. The molecule has 3 rings (SSSR count). The molecule has 2 atom stereocenters. The number of piperidine rings is 1. The van der Waals surface area contributed by atoms with Crippen LogP contribution in [0.2, 0.25) is 0 Å². The van der Waals surface area contributed by atoms with E-state index in [0.29, 0.717) is 0 Å². The fourth-order valence-electron chi connectivity index (χ4n) is 3.94. The Morgan fingerprint density at radius 2 is 1.60 bits per heavy atom. The molecule has 1 aromatic carbocycles. The van der Waals surface area contributed by atoms with Crippen molar-refractivity contribution in [3.05, 3.63) is 35.4 Å². The van der Waals surface area contributed by atoms with Gasteiger partial charge in [-0.2, -0.15) is 0 Å². The first-order valence-electron chi connectivity index (χ1n) is 8.36. The molecule has 2 bridgehead atoms. The van der Waals surface area contributed by atoms with Gasteiger partial charge in [-0.05, 0) is 49.8 Å². The van der Waals surface area contributed by atoms with Crippen LogP contribution in [0.5, 0.6) is 0 Å². The Morgan fingerprint density at radius 3 is 2.15 bits per heavy atom. The van der Waals surface area contributed by atoms with E-state index in [0.717, 1.165) is 31.1 Å². The fraction of sp³-hybridized carbons (Fsp3) is 0.667. The van der Waals surface area contributed by atoms with Crippen LogP contribution in [-0.2, 0) is 13.0 Å². The van der Waals surface area contributed by atoms with Crippen molar-refractivity contribution in [2.75, 3.05) is 6.54 Å². The predicted octanol–water partition coefficient (Wildman–Crippen LogP) is 3.35. The molecule has 2 heteroatoms. The molecule has 0 aliphatic carbocycles. The van der Waals surface area contributed by atoms with Crippen molar-refractivity contribution < 1.29 is 0 Å². The van der Waals surface area contributed by atoms with Gasteiger partial charge in [0.05, 0.1) is 0 Å². The van der Waals surface area contributed by atoms with E-state index < -0.39 is 0 Å². The van der Waals surface area contributed by atoms with Crippen LogP contribution in [0, 0.1) is 0 Å². The lowest BCUT2D eigenvalue weighted by molar-refractivity contribution is 0.141. The second-order valence-electron chi connectivity index (χ2n) is 6.50. The SMILES string of the molecule is CCc1ccc(CN(CC)C2CC3CCC(C2)N3)cc1. The number of nitrogens with one attached hydrogen (secondary N) is 1. The molecule has 2 unspecified atom stereocenters. The van der Waals surface area contributed by atoms with E-state index in [-0.39, 0.29) is 0 Å². The third-order valence-electron chi connectivity index (χ3n) is 5.19. The summed E-state index contributed by atoms with van der Waals surface area (Å²) in [6.45, 7) is 6.81. The van der Waals surface area contributed by atoms with Gasteiger partial charge in [-0.1, -0.05) is 38.1 Å². The Hall–Kier alpha value is -0.860. The summed E-state index contributed by atoms with van der Waals surface area (Å²) in [5.74, 6) is 0. The van der Waals surface area contributed by atoms with Crippen molar-refractivity contribution in [1.82, 2.24) is 10.2 Å². The summed E-state index contributed by atoms with van der Waals surface area (Å²) in [7, 11) is 0. The molecule has 1 aromatic rings. The highest BCUT2D eigenvalue weighted by Crippen LogP contribution is 2.30. The molecule has 2 heterocycles. The average Bonchev–Trinajstić information content (AvgIpc) is 2.83. The largest absolute Gasteiger partial charge is 0.311 e. The molecule has 110 valence electrons. The third kappa shape index (κ3) is 3.07. The molecule has 0 spiro atoms. The smallest absolute Gasteiger partial charge is 0.0236 e. The zero-order valence-corrected chi connectivity index (χ0v) is 12.9. The maximum absolute atomic E-state index is 3.75. The number of hydrogen-bond donors (Lipinski definition) is 1. The summed E-state index contributed by atoms with van der Waals surface area (Å²) in [6.07, 6.45) is 6.61. The van der Waals surface area contributed by atoms with Gasteiger partial charge in [0.2, 0.25) is 0 Å². The van der Waals surface area contributed by atoms with Gasteiger partial charge in [0.1, 0.15) is 0 Å². The van der Waals surface area contributed by atoms with Crippen LogP contribution in [0.4, 0.5) is 0 Å². The van der Waals surface area contributed by atoms with Crippen LogP contribution in [0.15, 0.2) is 24.3 Å². The molecule has 2 aliphatic heterocycles. The van der Waals surface area contributed by atoms with Crippen LogP contribution in [0.1, 0.15) is 50.7 Å². The van der Waals surface area contributed by atoms with E-state index in [4.69, 9.17) is 0 Å². The molecule has 2 saturated heterocycles. The lowest BCUT2D eigenvalue weighted by atomic mass is 9.97. The Balaban J connectivity index is 1.64. The first-order chi connectivity index (χ1) is 9.78. The van der Waals surface area contributed by atoms with Gasteiger partial charge in [0, 0.05) is 24.7 Å². The van der Waals surface area contributed by atoms with Crippen LogP contribution < -0.4 is 5.32 Å². The second kappa shape index (κ2) is 6.28. The monoisotopic (exact) mass is 272 g/mol. The lowest BCUT2D eigenvalue weighted by Gasteiger charge is -2.37. The number of fused-ring (bicyclic) bond motifs is 2. The van der Waals surface area contributed by atoms with Gasteiger partial charge < -0.3 is 5.32 Å². The van der Waals surface area contributed by atoms with Crippen molar-refractivity contribution in [2.24, 2.45) is 0 Å². The fourth-order valence-corrected chi connectivity index (χ4v) is 3.94. The van der Waals surface area contributed by atoms with Crippen LogP contribution in [0.3, 0.4) is 0 Å². The first kappa shape index (κ1) is 14.1. The second-order valence-corrected chi connectivity index (χ2v) is 6.50. The van der Waals surface area contributed by atoms with Gasteiger partial charge >= 0.3 is 0 Å². The van der Waals surface area contributed by atoms with Gasteiger partial charge in [0.15, 0.2) is 0 Å². The molecule has 0 radical (unpaired) electrons. The summed E-state index contributed by atoms with van der Waals surface area (Å²) in [5.41, 5.74) is 2.91. The van der Waals surface area contributed by atoms with Crippen molar-refractivity contribution in [3.8, 4) is 0 Å². The first-order valence-corrected chi connectivity index (χ1v) is 8.36. The highest BCUT2D eigenvalue weighted by Gasteiger charge is 2.35. The lowest BCUT2D eigenvalue weighted by Crippen LogP contribution is -2.47. The maximum atomic E-state index is 3.75. The maximum Gasteiger partial charge on any atom is 0.0236 e. The zero-order valence-electron chi connectivity index (χ0n) is 12.9. The van der Waals surface area contributed by atoms with E-state index in [1.165, 1.54) is 43.4 Å². The van der Waals surface area contributed by atoms with Gasteiger partial charge in [-0.3, -0.25) is 4.90 Å². The normalized spacial score (nSPS) is 29.1. The molecule has 0 saturated carbocycles. The van der Waals surface area contributed by atoms with Crippen molar-refractivity contribution in [3.63, 3.8) is 0 Å². The number of aryl methyl sites for hydroxylation is 1. The minimum atomic E-state index is 0.782. The van der Waals surface area contributed by atoms with Crippen LogP contribution in [0.25, 0.3) is 0 Å². The number of rotatable bonds is 5. The van der Waals surface area contributed by atoms with Gasteiger partial charge in [-0.25, -0.2) is 0 Å². The summed E-state index contributed by atoms with van der Waals surface area (Å²) in [5, 5.41) is 3.75. The molecular formula is C18H28N2. The number of benzene rings is 1. The Labute approximate surface area is 123 Å². The quantitative estimate of drug-likeness (QED) is 0.884. The van der Waals surface area contributed by atoms with Crippen LogP contribution >= 0.6 is 0 Å². The standard InChI is InChI=1S/C18H28N2/c1-3-14-5-7-15(8-6-14)13-20(4-2)18-11-16-9-10-17(12-18)19-16/h5-8,16-19H,3-4,9-13H2,1-2H3. The van der Waals surface area contributed by atoms with E-state index in [2.05, 4.69) is 48.3 Å². The predicted molar refractivity (Wildman–Crippen MR) is 84.9 cm³/mol. The molecule has 1 N–H and O–H groups in total. The molecule has 2 aliphatic rings. The Bertz CT molecular complexity index is 414. The molecule has 20 heavy (non-hydrogen) atoms. The Morgan fingerprint density at radius 1 is 1.00 bits per heavy atom. The van der Waals surface area contributed by atoms with Gasteiger partial charge in [-0.15, -0.1) is 0 Å². The highest BCUT2D eigenvalue weighted by atomic mass is 15.2. The topological polar surface area (TPSA) is 15.3 Å². The van der Waals surface area contributed by atoms with E-state index in [1.54, 1.807) is 0 Å². The Kier molecular flexibility index (Phi) is 4.42. The van der Waals surface area contributed by atoms with E-state index >= 15 is 0 Å². The molecular weight excluding hydrogens is 244 g/mol. The number of hydrogen-bond acceptors (Lipinski definition) is 2. The summed E-state index contributed by atoms with van der Waals surface area (Å²) in [4.78, 5) is 2.69. The van der Waals surface area contributed by atoms with Crippen LogP contribution in [-0.4, -0.2) is 29.6 Å². The summed E-state index contributed by atoms with van der Waals surface area (Å²) in [6, 6.07) is 11.6. The number of nitrogens with zero attached hydrogens (tertiary/aromatic N) is 1. The minimum Gasteiger partial charge on any atom is -0.311 e. The average molecular weight is 272 g/mol. The molecule has 2 nitrogen and oxygen atoms in total. The summed E-state index contributed by atoms with van der Waals surface area (Å²) < 4.78 is 0. The third-order valence-corrected chi connectivity index (χ3v) is 5.19. The van der Waals surface area contributed by atoms with E-state index in [9.17, 15) is 0 Å². The van der Waals surface area contributed by atoms with Crippen molar-refractivity contribution in [1.29, 1.82) is 0 Å². The minimum absolute atomic E-state index is 0.782. The molecule has 0 amide bonds. The van der Waals surface area contributed by atoms with Crippen molar-refractivity contribution >= 4 is 0 Å².